The molecule has 0 N–H and O–H groups in total. The molecule has 0 unspecified atom stereocenters. The summed E-state index contributed by atoms with van der Waals surface area (Å²) in [5.74, 6) is 0.549. The van der Waals surface area contributed by atoms with E-state index < -0.39 is 10.1 Å². The number of benzene rings is 2. The van der Waals surface area contributed by atoms with Gasteiger partial charge in [-0.2, -0.15) is 8.42 Å². The van der Waals surface area contributed by atoms with Crippen molar-refractivity contribution in [1.82, 2.24) is 0 Å². The fraction of sp³-hybridized carbons (Fsp3) is 0.0500. The molecule has 0 bridgehead atoms. The van der Waals surface area contributed by atoms with Gasteiger partial charge in [-0.15, -0.1) is 0 Å². The Morgan fingerprint density at radius 3 is 2.52 bits per heavy atom. The number of carbonyl (C=O) groups is 1. The highest BCUT2D eigenvalue weighted by Gasteiger charge is 2.29. The summed E-state index contributed by atoms with van der Waals surface area (Å²) < 4.78 is 40.7. The maximum absolute atomic E-state index is 12.4. The Hall–Kier alpha value is -3.32. The molecule has 0 amide bonds. The van der Waals surface area contributed by atoms with Gasteiger partial charge < -0.3 is 13.3 Å². The molecular weight excluding hydrogens is 368 g/mol. The number of hydrogen-bond acceptors (Lipinski definition) is 6. The summed E-state index contributed by atoms with van der Waals surface area (Å²) in [4.78, 5) is 12.4. The zero-order valence-electron chi connectivity index (χ0n) is 14.2. The van der Waals surface area contributed by atoms with Crippen molar-refractivity contribution in [2.75, 3.05) is 0 Å². The van der Waals surface area contributed by atoms with Crippen LogP contribution in [0.25, 0.3) is 6.08 Å². The Kier molecular flexibility index (Phi) is 4.08. The summed E-state index contributed by atoms with van der Waals surface area (Å²) in [7, 11) is -3.99. The Morgan fingerprint density at radius 1 is 1.04 bits per heavy atom. The SMILES string of the molecule is Cc1ccc(S(=O)(=O)Oc2ccc3c(c2)OC(=Cc2ccco2)C3=O)cc1. The lowest BCUT2D eigenvalue weighted by atomic mass is 10.1. The van der Waals surface area contributed by atoms with E-state index in [1.54, 1.807) is 24.3 Å². The Balaban J connectivity index is 1.60. The van der Waals surface area contributed by atoms with Crippen LogP contribution in [0.4, 0.5) is 0 Å². The molecular formula is C20H14O6S. The number of rotatable bonds is 4. The number of allylic oxidation sites excluding steroid dienone is 1. The summed E-state index contributed by atoms with van der Waals surface area (Å²) in [5.41, 5.74) is 1.27. The zero-order chi connectivity index (χ0) is 19.0. The van der Waals surface area contributed by atoms with Crippen LogP contribution >= 0.6 is 0 Å². The second-order valence-corrected chi connectivity index (χ2v) is 7.51. The highest BCUT2D eigenvalue weighted by Crippen LogP contribution is 2.35. The van der Waals surface area contributed by atoms with Crippen molar-refractivity contribution in [3.05, 3.63) is 83.5 Å². The van der Waals surface area contributed by atoms with Gasteiger partial charge in [0.2, 0.25) is 5.78 Å². The number of hydrogen-bond donors (Lipinski definition) is 0. The lowest BCUT2D eigenvalue weighted by molar-refractivity contribution is 0.101. The van der Waals surface area contributed by atoms with Crippen LogP contribution in [0.1, 0.15) is 21.7 Å². The first-order valence-electron chi connectivity index (χ1n) is 8.05. The summed E-state index contributed by atoms with van der Waals surface area (Å²) in [6.45, 7) is 1.86. The van der Waals surface area contributed by atoms with Crippen LogP contribution < -0.4 is 8.92 Å². The highest BCUT2D eigenvalue weighted by atomic mass is 32.2. The monoisotopic (exact) mass is 382 g/mol. The molecule has 7 heteroatoms. The lowest BCUT2D eigenvalue weighted by Gasteiger charge is -2.08. The van der Waals surface area contributed by atoms with E-state index in [2.05, 4.69) is 0 Å². The van der Waals surface area contributed by atoms with E-state index in [-0.39, 0.29) is 27.9 Å². The van der Waals surface area contributed by atoms with E-state index in [1.165, 1.54) is 42.7 Å². The van der Waals surface area contributed by atoms with Gasteiger partial charge in [0.15, 0.2) is 5.76 Å². The van der Waals surface area contributed by atoms with Crippen molar-refractivity contribution in [2.45, 2.75) is 11.8 Å². The molecule has 0 saturated heterocycles. The molecule has 0 spiro atoms. The van der Waals surface area contributed by atoms with Crippen LogP contribution in [-0.4, -0.2) is 14.2 Å². The van der Waals surface area contributed by atoms with E-state index in [9.17, 15) is 13.2 Å². The molecule has 3 aromatic rings. The third kappa shape index (κ3) is 3.37. The Labute approximate surface area is 155 Å². The minimum absolute atomic E-state index is 0.0454. The number of Topliss-reactive ketones (excluding diaryl/α,β-unsaturated/α-hetero) is 1. The fourth-order valence-electron chi connectivity index (χ4n) is 2.60. The molecule has 136 valence electrons. The first-order valence-corrected chi connectivity index (χ1v) is 9.46. The average Bonchev–Trinajstić information content (AvgIpc) is 3.24. The summed E-state index contributed by atoms with van der Waals surface area (Å²) in [5, 5.41) is 0. The second kappa shape index (κ2) is 6.44. The Morgan fingerprint density at radius 2 is 1.81 bits per heavy atom. The quantitative estimate of drug-likeness (QED) is 0.501. The number of aryl methyl sites for hydroxylation is 1. The molecule has 6 nitrogen and oxygen atoms in total. The standard InChI is InChI=1S/C20H14O6S/c1-13-4-7-16(8-5-13)27(22,23)26-15-6-9-17-18(12-15)25-19(20(17)21)11-14-3-2-10-24-14/h2-12H,1H3. The summed E-state index contributed by atoms with van der Waals surface area (Å²) >= 11 is 0. The normalized spacial score (nSPS) is 14.9. The number of carbonyl (C=O) groups excluding carboxylic acids is 1. The van der Waals surface area contributed by atoms with Crippen molar-refractivity contribution >= 4 is 22.0 Å². The molecule has 0 fully saturated rings. The molecule has 2 aromatic carbocycles. The van der Waals surface area contributed by atoms with Crippen molar-refractivity contribution in [3.63, 3.8) is 0 Å². The largest absolute Gasteiger partial charge is 0.465 e. The van der Waals surface area contributed by atoms with Gasteiger partial charge in [-0.05, 0) is 43.3 Å². The minimum atomic E-state index is -3.99. The van der Waals surface area contributed by atoms with E-state index in [1.807, 2.05) is 6.92 Å². The van der Waals surface area contributed by atoms with Crippen molar-refractivity contribution < 1.29 is 26.5 Å². The van der Waals surface area contributed by atoms with Crippen LogP contribution in [0.2, 0.25) is 0 Å². The van der Waals surface area contributed by atoms with Gasteiger partial charge in [0.25, 0.3) is 0 Å². The maximum Gasteiger partial charge on any atom is 0.339 e. The van der Waals surface area contributed by atoms with E-state index in [4.69, 9.17) is 13.3 Å². The fourth-order valence-corrected chi connectivity index (χ4v) is 3.52. The predicted molar refractivity (Wildman–Crippen MR) is 97.1 cm³/mol. The first kappa shape index (κ1) is 17.1. The molecule has 0 atom stereocenters. The van der Waals surface area contributed by atoms with Crippen LogP contribution in [0, 0.1) is 6.92 Å². The minimum Gasteiger partial charge on any atom is -0.465 e. The van der Waals surface area contributed by atoms with Crippen LogP contribution in [0.15, 0.2) is 75.9 Å². The highest BCUT2D eigenvalue weighted by molar-refractivity contribution is 7.87. The smallest absolute Gasteiger partial charge is 0.339 e. The van der Waals surface area contributed by atoms with Crippen molar-refractivity contribution in [1.29, 1.82) is 0 Å². The van der Waals surface area contributed by atoms with Gasteiger partial charge in [-0.3, -0.25) is 4.79 Å². The van der Waals surface area contributed by atoms with E-state index >= 15 is 0 Å². The first-order chi connectivity index (χ1) is 12.9. The average molecular weight is 382 g/mol. The van der Waals surface area contributed by atoms with Crippen molar-refractivity contribution in [3.8, 4) is 11.5 Å². The van der Waals surface area contributed by atoms with E-state index in [0.29, 0.717) is 11.3 Å². The van der Waals surface area contributed by atoms with Gasteiger partial charge in [-0.1, -0.05) is 17.7 Å². The van der Waals surface area contributed by atoms with Gasteiger partial charge >= 0.3 is 10.1 Å². The number of ether oxygens (including phenoxy) is 1. The molecule has 2 heterocycles. The van der Waals surface area contributed by atoms with Crippen LogP contribution in [0.5, 0.6) is 11.5 Å². The molecule has 4 rings (SSSR count). The third-order valence-electron chi connectivity index (χ3n) is 3.97. The zero-order valence-corrected chi connectivity index (χ0v) is 15.0. The lowest BCUT2D eigenvalue weighted by Crippen LogP contribution is -2.09. The van der Waals surface area contributed by atoms with Gasteiger partial charge in [0.05, 0.1) is 11.8 Å². The van der Waals surface area contributed by atoms with Crippen LogP contribution in [0.3, 0.4) is 0 Å². The molecule has 1 aliphatic rings. The molecule has 0 saturated carbocycles. The van der Waals surface area contributed by atoms with Crippen molar-refractivity contribution in [2.24, 2.45) is 0 Å². The Bertz CT molecular complexity index is 1140. The molecule has 27 heavy (non-hydrogen) atoms. The maximum atomic E-state index is 12.4. The summed E-state index contributed by atoms with van der Waals surface area (Å²) in [6, 6.07) is 14.0. The topological polar surface area (TPSA) is 82.8 Å². The predicted octanol–water partition coefficient (Wildman–Crippen LogP) is 3.97. The van der Waals surface area contributed by atoms with Gasteiger partial charge in [-0.25, -0.2) is 0 Å². The van der Waals surface area contributed by atoms with Gasteiger partial charge in [0.1, 0.15) is 22.2 Å². The van der Waals surface area contributed by atoms with E-state index in [0.717, 1.165) is 5.56 Å². The molecule has 1 aliphatic heterocycles. The van der Waals surface area contributed by atoms with Gasteiger partial charge in [0, 0.05) is 12.1 Å². The molecule has 0 radical (unpaired) electrons. The number of furan rings is 1. The third-order valence-corrected chi connectivity index (χ3v) is 5.23. The number of ketones is 1. The molecule has 0 aliphatic carbocycles. The summed E-state index contributed by atoms with van der Waals surface area (Å²) in [6.07, 6.45) is 2.97. The number of fused-ring (bicyclic) bond motifs is 1. The van der Waals surface area contributed by atoms with Crippen LogP contribution in [-0.2, 0) is 10.1 Å². The second-order valence-electron chi connectivity index (χ2n) is 5.96. The molecule has 1 aromatic heterocycles.